The van der Waals surface area contributed by atoms with Crippen molar-refractivity contribution in [2.45, 2.75) is 67.4 Å². The van der Waals surface area contributed by atoms with Crippen molar-refractivity contribution in [3.05, 3.63) is 47.8 Å². The molecule has 0 aliphatic rings. The first kappa shape index (κ1) is 36.8. The second-order valence-corrected chi connectivity index (χ2v) is 9.16. The van der Waals surface area contributed by atoms with Gasteiger partial charge in [-0.25, -0.2) is 0 Å². The van der Waals surface area contributed by atoms with Crippen LogP contribution in [-0.4, -0.2) is 70.1 Å². The molecule has 0 fully saturated rings. The lowest BCUT2D eigenvalue weighted by molar-refractivity contribution is -0.461. The summed E-state index contributed by atoms with van der Waals surface area (Å²) in [6.45, 7) is 0.587. The molecule has 2 aromatic rings. The van der Waals surface area contributed by atoms with E-state index >= 15 is 0 Å². The number of carbonyl (C=O) groups excluding carboxylic acids is 1. The summed E-state index contributed by atoms with van der Waals surface area (Å²) in [6, 6.07) is 5.35. The van der Waals surface area contributed by atoms with Crippen molar-refractivity contribution in [1.82, 2.24) is 15.3 Å². The van der Waals surface area contributed by atoms with Gasteiger partial charge in [-0.3, -0.25) is 14.8 Å². The quantitative estimate of drug-likeness (QED) is 0.184. The molecule has 1 N–H and O–H groups in total. The molecule has 2 rings (SSSR count). The fourth-order valence-corrected chi connectivity index (χ4v) is 3.36. The van der Waals surface area contributed by atoms with Crippen LogP contribution in [0.2, 0.25) is 0 Å². The third-order valence-corrected chi connectivity index (χ3v) is 5.94. The summed E-state index contributed by atoms with van der Waals surface area (Å²) in [7, 11) is 0. The molecule has 4 nitrogen and oxygen atoms in total. The van der Waals surface area contributed by atoms with Crippen LogP contribution in [0.15, 0.2) is 36.7 Å². The summed E-state index contributed by atoms with van der Waals surface area (Å²) in [6.07, 6.45) is -9.46. The van der Waals surface area contributed by atoms with Crippen LogP contribution in [-0.2, 0) is 0 Å². The Labute approximate surface area is 234 Å². The molecule has 0 spiro atoms. The van der Waals surface area contributed by atoms with E-state index in [1.54, 1.807) is 19.1 Å². The van der Waals surface area contributed by atoms with Gasteiger partial charge >= 0.3 is 47.6 Å². The maximum absolute atomic E-state index is 14.0. The van der Waals surface area contributed by atoms with Crippen LogP contribution in [0.4, 0.5) is 74.6 Å². The van der Waals surface area contributed by atoms with Crippen LogP contribution in [0.3, 0.4) is 0 Å². The molecule has 0 saturated heterocycles. The number of alkyl halides is 17. The minimum atomic E-state index is -8.67. The first-order valence-electron chi connectivity index (χ1n) is 11.5. The van der Waals surface area contributed by atoms with Crippen LogP contribution in [0.5, 0.6) is 0 Å². The Hall–Kier alpha value is -3.42. The second kappa shape index (κ2) is 11.5. The van der Waals surface area contributed by atoms with Gasteiger partial charge in [0.15, 0.2) is 0 Å². The van der Waals surface area contributed by atoms with Crippen LogP contribution >= 0.6 is 0 Å². The van der Waals surface area contributed by atoms with Crippen molar-refractivity contribution in [2.24, 2.45) is 0 Å². The van der Waals surface area contributed by atoms with Crippen LogP contribution in [0, 0.1) is 6.92 Å². The van der Waals surface area contributed by atoms with E-state index in [9.17, 15) is 79.4 Å². The fourth-order valence-electron chi connectivity index (χ4n) is 3.36. The standard InChI is InChI=1S/C23H16F17N3O/c1-11-3-7-41-13(9-11)14-10-12(4-8-42-14)15(44)43-6-2-5-16(24,25)17(26,27)18(28,29)19(30,31)20(32,33)21(34,35)22(36,37)23(38,39)40/h3-4,7-10H,2,5-6H2,1H3,(H,43,44). The zero-order valence-electron chi connectivity index (χ0n) is 21.3. The molecule has 0 bridgehead atoms. The average Bonchev–Trinajstić information content (AvgIpc) is 2.89. The van der Waals surface area contributed by atoms with Gasteiger partial charge < -0.3 is 5.32 Å². The van der Waals surface area contributed by atoms with Crippen LogP contribution in [0.25, 0.3) is 11.4 Å². The van der Waals surface area contributed by atoms with E-state index in [4.69, 9.17) is 0 Å². The number of rotatable bonds is 12. The zero-order valence-corrected chi connectivity index (χ0v) is 21.3. The number of pyridine rings is 2. The molecule has 0 saturated carbocycles. The lowest BCUT2D eigenvalue weighted by atomic mass is 9.88. The van der Waals surface area contributed by atoms with Crippen molar-refractivity contribution in [3.8, 4) is 11.4 Å². The van der Waals surface area contributed by atoms with E-state index in [-0.39, 0.29) is 17.0 Å². The van der Waals surface area contributed by atoms with Gasteiger partial charge in [-0.15, -0.1) is 0 Å². The van der Waals surface area contributed by atoms with Crippen molar-refractivity contribution >= 4 is 5.91 Å². The van der Waals surface area contributed by atoms with Crippen molar-refractivity contribution < 1.29 is 79.4 Å². The Balaban J connectivity index is 2.21. The number of nitrogens with one attached hydrogen (secondary N) is 1. The maximum atomic E-state index is 14.0. The Morgan fingerprint density at radius 1 is 0.636 bits per heavy atom. The summed E-state index contributed by atoms with van der Waals surface area (Å²) >= 11 is 0. The topological polar surface area (TPSA) is 54.9 Å². The summed E-state index contributed by atoms with van der Waals surface area (Å²) in [5.41, 5.74) is 0.876. The molecule has 0 radical (unpaired) electrons. The second-order valence-electron chi connectivity index (χ2n) is 9.16. The molecule has 1 amide bonds. The smallest absolute Gasteiger partial charge is 0.352 e. The van der Waals surface area contributed by atoms with Crippen molar-refractivity contribution in [1.29, 1.82) is 0 Å². The third-order valence-electron chi connectivity index (χ3n) is 5.94. The number of aromatic nitrogens is 2. The van der Waals surface area contributed by atoms with E-state index in [1.807, 2.05) is 5.32 Å². The molecule has 0 aliphatic heterocycles. The monoisotopic (exact) mass is 673 g/mol. The summed E-state index contributed by atoms with van der Waals surface area (Å²) in [5.74, 6) is -57.8. The molecule has 0 aromatic carbocycles. The van der Waals surface area contributed by atoms with Crippen LogP contribution in [0.1, 0.15) is 28.8 Å². The number of hydrogen-bond donors (Lipinski definition) is 1. The lowest BCUT2D eigenvalue weighted by Gasteiger charge is -2.42. The first-order valence-corrected chi connectivity index (χ1v) is 11.5. The van der Waals surface area contributed by atoms with E-state index in [1.165, 1.54) is 6.20 Å². The SMILES string of the molecule is Cc1ccnc(-c2cc(C(=O)NCCCC(F)(F)C(F)(F)C(F)(F)C(F)(F)C(F)(F)C(F)(F)C(F)(F)C(F)(F)F)ccn2)c1. The normalized spacial score (nSPS) is 14.5. The van der Waals surface area contributed by atoms with Gasteiger partial charge in [0.25, 0.3) is 5.91 Å². The van der Waals surface area contributed by atoms with Crippen molar-refractivity contribution in [3.63, 3.8) is 0 Å². The first-order chi connectivity index (χ1) is 19.6. The largest absolute Gasteiger partial charge is 0.460 e. The van der Waals surface area contributed by atoms with Gasteiger partial charge in [0.2, 0.25) is 0 Å². The van der Waals surface area contributed by atoms with Gasteiger partial charge in [0, 0.05) is 30.9 Å². The summed E-state index contributed by atoms with van der Waals surface area (Å²) in [4.78, 5) is 20.2. The molecular formula is C23H16F17N3O. The molecule has 0 aliphatic carbocycles. The highest BCUT2D eigenvalue weighted by Gasteiger charge is 2.95. The molecule has 248 valence electrons. The molecular weight excluding hydrogens is 657 g/mol. The number of amides is 1. The Morgan fingerprint density at radius 2 is 1.07 bits per heavy atom. The Bertz CT molecular complexity index is 1340. The van der Waals surface area contributed by atoms with Crippen molar-refractivity contribution in [2.75, 3.05) is 6.54 Å². The fraction of sp³-hybridized carbons (Fsp3) is 0.522. The van der Waals surface area contributed by atoms with Gasteiger partial charge in [0.05, 0.1) is 11.4 Å². The van der Waals surface area contributed by atoms with E-state index < -0.39 is 72.9 Å². The van der Waals surface area contributed by atoms with Gasteiger partial charge in [-0.2, -0.15) is 74.6 Å². The predicted molar refractivity (Wildman–Crippen MR) is 114 cm³/mol. The summed E-state index contributed by atoms with van der Waals surface area (Å²) in [5, 5.41) is 1.85. The van der Waals surface area contributed by atoms with Gasteiger partial charge in [-0.1, -0.05) is 0 Å². The number of carbonyl (C=O) groups is 1. The van der Waals surface area contributed by atoms with E-state index in [0.717, 1.165) is 23.9 Å². The predicted octanol–water partition coefficient (Wildman–Crippen LogP) is 7.97. The minimum Gasteiger partial charge on any atom is -0.352 e. The van der Waals surface area contributed by atoms with Gasteiger partial charge in [-0.05, 0) is 43.2 Å². The number of aryl methyl sites for hydroxylation is 1. The highest BCUT2D eigenvalue weighted by Crippen LogP contribution is 2.64. The average molecular weight is 673 g/mol. The zero-order chi connectivity index (χ0) is 34.4. The maximum Gasteiger partial charge on any atom is 0.460 e. The summed E-state index contributed by atoms with van der Waals surface area (Å²) < 4.78 is 227. The Morgan fingerprint density at radius 3 is 1.55 bits per heavy atom. The molecule has 2 heterocycles. The molecule has 0 unspecified atom stereocenters. The minimum absolute atomic E-state index is 0.117. The number of halogens is 17. The molecule has 44 heavy (non-hydrogen) atoms. The third kappa shape index (κ3) is 5.96. The highest BCUT2D eigenvalue weighted by atomic mass is 19.4. The molecule has 2 aromatic heterocycles. The highest BCUT2D eigenvalue weighted by molar-refractivity contribution is 5.94. The lowest BCUT2D eigenvalue weighted by Crippen LogP contribution is -2.74. The van der Waals surface area contributed by atoms with E-state index in [0.29, 0.717) is 0 Å². The number of hydrogen-bond acceptors (Lipinski definition) is 3. The number of nitrogens with zero attached hydrogens (tertiary/aromatic N) is 2. The molecule has 0 atom stereocenters. The Kier molecular flexibility index (Phi) is 9.61. The van der Waals surface area contributed by atoms with E-state index in [2.05, 4.69) is 9.97 Å². The van der Waals surface area contributed by atoms with Gasteiger partial charge in [0.1, 0.15) is 0 Å². The van der Waals surface area contributed by atoms with Crippen LogP contribution < -0.4 is 5.32 Å². The molecule has 21 heteroatoms.